The number of rotatable bonds is 6. The number of hydrogen-bond donors (Lipinski definition) is 2. The minimum atomic E-state index is -4.33. The number of nitrogens with one attached hydrogen (secondary N) is 2. The maximum absolute atomic E-state index is 13.6. The average Bonchev–Trinajstić information content (AvgIpc) is 3.08. The van der Waals surface area contributed by atoms with Crippen LogP contribution in [0.2, 0.25) is 10.0 Å². The zero-order valence-corrected chi connectivity index (χ0v) is 35.4. The fraction of sp³-hybridized carbons (Fsp3) is 0.422. The number of fused-ring (bicyclic) bond motifs is 2. The number of carbonyl (C=O) groups excluding carboxylic acids is 2. The van der Waals surface area contributed by atoms with Gasteiger partial charge in [0.25, 0.3) is 0 Å². The van der Waals surface area contributed by atoms with Crippen LogP contribution in [0, 0.1) is 30.5 Å². The van der Waals surface area contributed by atoms with E-state index in [-0.39, 0.29) is 28.5 Å². The molecular weight excluding hydrogens is 775 g/mol. The summed E-state index contributed by atoms with van der Waals surface area (Å²) in [5, 5.41) is 6.83. The minimum absolute atomic E-state index is 0.0392. The summed E-state index contributed by atoms with van der Waals surface area (Å²) in [5.41, 5.74) is 7.91. The number of aryl methyl sites for hydroxylation is 2. The third-order valence-electron chi connectivity index (χ3n) is 9.91. The molecule has 2 N–H and O–H groups in total. The molecule has 2 aliphatic rings. The zero-order chi connectivity index (χ0) is 42.0. The second-order valence-electron chi connectivity index (χ2n) is 17.5. The second-order valence-corrected chi connectivity index (χ2v) is 18.4. The van der Waals surface area contributed by atoms with Crippen molar-refractivity contribution in [1.82, 2.24) is 0 Å². The number of amides is 2. The van der Waals surface area contributed by atoms with Crippen LogP contribution in [0.1, 0.15) is 93.3 Å². The van der Waals surface area contributed by atoms with E-state index in [2.05, 4.69) is 20.4 Å². The van der Waals surface area contributed by atoms with E-state index in [1.165, 1.54) is 17.7 Å². The van der Waals surface area contributed by atoms with E-state index in [0.717, 1.165) is 58.2 Å². The molecule has 57 heavy (non-hydrogen) atoms. The summed E-state index contributed by atoms with van der Waals surface area (Å²) in [7, 11) is 0. The van der Waals surface area contributed by atoms with E-state index in [9.17, 15) is 27.2 Å². The van der Waals surface area contributed by atoms with Crippen molar-refractivity contribution in [3.05, 3.63) is 115 Å². The summed E-state index contributed by atoms with van der Waals surface area (Å²) >= 11 is 13.0. The van der Waals surface area contributed by atoms with Crippen LogP contribution in [0.25, 0.3) is 0 Å². The summed E-state index contributed by atoms with van der Waals surface area (Å²) in [6.45, 7) is 18.5. The highest BCUT2D eigenvalue weighted by molar-refractivity contribution is 6.34. The van der Waals surface area contributed by atoms with Gasteiger partial charge >= 0.3 is 6.18 Å². The molecule has 6 rings (SSSR count). The molecule has 0 spiro atoms. The molecule has 12 heteroatoms. The molecule has 0 fully saturated rings. The van der Waals surface area contributed by atoms with Gasteiger partial charge < -0.3 is 20.4 Å². The van der Waals surface area contributed by atoms with Crippen LogP contribution in [0.4, 0.5) is 40.3 Å². The lowest BCUT2D eigenvalue weighted by Crippen LogP contribution is -2.30. The van der Waals surface area contributed by atoms with Crippen molar-refractivity contribution in [3.8, 4) is 0 Å². The van der Waals surface area contributed by atoms with Gasteiger partial charge in [-0.05, 0) is 119 Å². The average molecular weight is 828 g/mol. The quantitative estimate of drug-likeness (QED) is 0.190. The summed E-state index contributed by atoms with van der Waals surface area (Å²) < 4.78 is 52.4. The first-order valence-corrected chi connectivity index (χ1v) is 19.9. The van der Waals surface area contributed by atoms with Gasteiger partial charge in [0, 0.05) is 50.4 Å². The Morgan fingerprint density at radius 1 is 0.632 bits per heavy atom. The Bertz CT molecular complexity index is 2090. The van der Waals surface area contributed by atoms with Gasteiger partial charge in [-0.1, -0.05) is 76.9 Å². The first kappa shape index (κ1) is 43.8. The molecule has 2 amide bonds. The molecule has 0 unspecified atom stereocenters. The Morgan fingerprint density at radius 2 is 1.09 bits per heavy atom. The molecule has 0 aliphatic carbocycles. The van der Waals surface area contributed by atoms with Crippen molar-refractivity contribution in [2.45, 2.75) is 100 Å². The molecule has 0 bridgehead atoms. The summed E-state index contributed by atoms with van der Waals surface area (Å²) in [6.07, 6.45) is -2.12. The van der Waals surface area contributed by atoms with Crippen molar-refractivity contribution in [1.29, 1.82) is 0 Å². The molecular formula is C45H52Cl2F4N4O2. The van der Waals surface area contributed by atoms with Gasteiger partial charge in [0.2, 0.25) is 11.8 Å². The van der Waals surface area contributed by atoms with Gasteiger partial charge in [0.15, 0.2) is 0 Å². The monoisotopic (exact) mass is 826 g/mol. The first-order valence-electron chi connectivity index (χ1n) is 19.1. The summed E-state index contributed by atoms with van der Waals surface area (Å²) in [6, 6.07) is 16.6. The molecule has 0 atom stereocenters. The standard InChI is InChI=1S/C23H26ClF3N2O.C22H26ClFN2O/c1-14-9-18(11-19(24)21(14)28-20(30)12-22(2,3)4)29-8-7-15-10-17(23(25,26)27)6-5-16(15)13-29;1-14-9-18(11-19(23)21(14)25-20(27)12-22(2,3)4)26-8-7-15-5-6-17(24)10-16(15)13-26/h5-6,9-11H,7-8,12-13H2,1-4H3,(H,28,30);5-6,9-11H,7-8,12-13H2,1-4H3,(H,25,27). The predicted octanol–water partition coefficient (Wildman–Crippen LogP) is 12.3. The lowest BCUT2D eigenvalue weighted by molar-refractivity contribution is -0.137. The van der Waals surface area contributed by atoms with Crippen LogP contribution in [-0.4, -0.2) is 24.9 Å². The molecule has 2 aliphatic heterocycles. The maximum Gasteiger partial charge on any atom is 0.416 e. The van der Waals surface area contributed by atoms with Crippen LogP contribution in [-0.2, 0) is 41.7 Å². The highest BCUT2D eigenvalue weighted by atomic mass is 35.5. The second kappa shape index (κ2) is 17.3. The Labute approximate surface area is 343 Å². The molecule has 0 saturated heterocycles. The highest BCUT2D eigenvalue weighted by Crippen LogP contribution is 2.37. The summed E-state index contributed by atoms with van der Waals surface area (Å²) in [4.78, 5) is 28.9. The third kappa shape index (κ3) is 11.9. The lowest BCUT2D eigenvalue weighted by atomic mass is 9.92. The number of carbonyl (C=O) groups is 2. The SMILES string of the molecule is Cc1cc(N2CCc3cc(C(F)(F)F)ccc3C2)cc(Cl)c1NC(=O)CC(C)(C)C.Cc1cc(N2CCc3ccc(F)cc3C2)cc(Cl)c1NC(=O)CC(C)(C)C. The van der Waals surface area contributed by atoms with E-state index in [1.807, 2.05) is 79.7 Å². The van der Waals surface area contributed by atoms with E-state index < -0.39 is 11.7 Å². The third-order valence-corrected chi connectivity index (χ3v) is 10.5. The molecule has 0 saturated carbocycles. The van der Waals surface area contributed by atoms with Crippen molar-refractivity contribution in [3.63, 3.8) is 0 Å². The van der Waals surface area contributed by atoms with E-state index >= 15 is 0 Å². The largest absolute Gasteiger partial charge is 0.416 e. The number of alkyl halides is 3. The maximum atomic E-state index is 13.6. The van der Waals surface area contributed by atoms with Gasteiger partial charge in [-0.15, -0.1) is 0 Å². The van der Waals surface area contributed by atoms with Crippen molar-refractivity contribution >= 4 is 57.8 Å². The van der Waals surface area contributed by atoms with Crippen molar-refractivity contribution in [2.24, 2.45) is 10.8 Å². The number of halogens is 6. The van der Waals surface area contributed by atoms with Crippen LogP contribution in [0.15, 0.2) is 60.7 Å². The fourth-order valence-corrected chi connectivity index (χ4v) is 7.78. The van der Waals surface area contributed by atoms with Crippen LogP contribution < -0.4 is 20.4 Å². The molecule has 6 nitrogen and oxygen atoms in total. The molecule has 4 aromatic carbocycles. The van der Waals surface area contributed by atoms with Gasteiger partial charge in [-0.2, -0.15) is 13.2 Å². The topological polar surface area (TPSA) is 64.7 Å². The zero-order valence-electron chi connectivity index (χ0n) is 33.9. The van der Waals surface area contributed by atoms with Crippen LogP contribution >= 0.6 is 23.2 Å². The Balaban J connectivity index is 0.000000219. The summed E-state index contributed by atoms with van der Waals surface area (Å²) in [5.74, 6) is -0.336. The van der Waals surface area contributed by atoms with Crippen LogP contribution in [0.5, 0.6) is 0 Å². The first-order chi connectivity index (χ1) is 26.5. The predicted molar refractivity (Wildman–Crippen MR) is 225 cm³/mol. The van der Waals surface area contributed by atoms with Gasteiger partial charge in [-0.3, -0.25) is 9.59 Å². The van der Waals surface area contributed by atoms with Gasteiger partial charge in [0.05, 0.1) is 27.0 Å². The van der Waals surface area contributed by atoms with E-state index in [4.69, 9.17) is 23.2 Å². The minimum Gasteiger partial charge on any atom is -0.367 e. The van der Waals surface area contributed by atoms with Crippen LogP contribution in [0.3, 0.4) is 0 Å². The lowest BCUT2D eigenvalue weighted by Gasteiger charge is -2.32. The molecule has 4 aromatic rings. The fourth-order valence-electron chi connectivity index (χ4n) is 7.16. The number of nitrogens with zero attached hydrogens (tertiary/aromatic N) is 2. The smallest absolute Gasteiger partial charge is 0.367 e. The molecule has 306 valence electrons. The normalized spacial score (nSPS) is 14.3. The van der Waals surface area contributed by atoms with Gasteiger partial charge in [-0.25, -0.2) is 4.39 Å². The highest BCUT2D eigenvalue weighted by Gasteiger charge is 2.32. The molecule has 0 radical (unpaired) electrons. The Morgan fingerprint density at radius 3 is 1.54 bits per heavy atom. The Hall–Kier alpha value is -4.28. The number of benzene rings is 4. The number of anilines is 4. The van der Waals surface area contributed by atoms with Crippen molar-refractivity contribution < 1.29 is 27.2 Å². The van der Waals surface area contributed by atoms with Crippen molar-refractivity contribution in [2.75, 3.05) is 33.5 Å². The van der Waals surface area contributed by atoms with E-state index in [0.29, 0.717) is 60.3 Å². The van der Waals surface area contributed by atoms with Gasteiger partial charge in [0.1, 0.15) is 5.82 Å². The Kier molecular flexibility index (Phi) is 13.3. The molecule has 2 heterocycles. The van der Waals surface area contributed by atoms with E-state index in [1.54, 1.807) is 18.2 Å². The molecule has 0 aromatic heterocycles. The number of hydrogen-bond acceptors (Lipinski definition) is 4.